The van der Waals surface area contributed by atoms with Crippen LogP contribution < -0.4 is 15.5 Å². The maximum atomic E-state index is 13.0. The van der Waals surface area contributed by atoms with Gasteiger partial charge in [-0.15, -0.1) is 0 Å². The van der Waals surface area contributed by atoms with Gasteiger partial charge in [-0.25, -0.2) is 4.98 Å². The van der Waals surface area contributed by atoms with E-state index in [9.17, 15) is 14.4 Å². The van der Waals surface area contributed by atoms with E-state index >= 15 is 0 Å². The van der Waals surface area contributed by atoms with Gasteiger partial charge in [0.15, 0.2) is 0 Å². The number of carbonyl (C=O) groups excluding carboxylic acids is 3. The molecule has 2 N–H and O–H groups in total. The number of fused-ring (bicyclic) bond motifs is 1. The Morgan fingerprint density at radius 3 is 2.58 bits per heavy atom. The highest BCUT2D eigenvalue weighted by Crippen LogP contribution is 2.37. The van der Waals surface area contributed by atoms with Gasteiger partial charge in [0.1, 0.15) is 12.4 Å². The summed E-state index contributed by atoms with van der Waals surface area (Å²) in [6, 6.07) is 13.8. The fourth-order valence-corrected chi connectivity index (χ4v) is 5.23. The Kier molecular flexibility index (Phi) is 8.92. The summed E-state index contributed by atoms with van der Waals surface area (Å²) in [4.78, 5) is 43.9. The number of carbonyl (C=O) groups is 3. The number of hydrogen-bond donors (Lipinski definition) is 2. The monoisotopic (exact) mass is 492 g/mol. The Morgan fingerprint density at radius 1 is 1.06 bits per heavy atom. The first-order chi connectivity index (χ1) is 17.5. The molecule has 1 aromatic heterocycles. The maximum absolute atomic E-state index is 13.0. The van der Waals surface area contributed by atoms with Crippen molar-refractivity contribution in [1.29, 1.82) is 0 Å². The SMILES string of the molecule is CCOC(=O)CC1CCC(=O)N(CC(=O)NCC2CCC(Nc3ccccn3)CC2)c2ccccc21. The number of nitrogens with zero attached hydrogens (tertiary/aromatic N) is 2. The van der Waals surface area contributed by atoms with Crippen molar-refractivity contribution in [2.45, 2.75) is 63.8 Å². The summed E-state index contributed by atoms with van der Waals surface area (Å²) in [5, 5.41) is 6.55. The molecule has 2 aliphatic rings. The third-order valence-electron chi connectivity index (χ3n) is 7.15. The molecule has 4 rings (SSSR count). The van der Waals surface area contributed by atoms with Crippen molar-refractivity contribution in [2.75, 3.05) is 29.9 Å². The summed E-state index contributed by atoms with van der Waals surface area (Å²) in [5.74, 6) is 0.715. The average molecular weight is 493 g/mol. The minimum absolute atomic E-state index is 0.0153. The van der Waals surface area contributed by atoms with Crippen LogP contribution in [0.5, 0.6) is 0 Å². The second kappa shape index (κ2) is 12.5. The molecule has 8 nitrogen and oxygen atoms in total. The zero-order valence-electron chi connectivity index (χ0n) is 20.9. The van der Waals surface area contributed by atoms with E-state index in [0.29, 0.717) is 43.6 Å². The Bertz CT molecular complexity index is 1040. The molecule has 1 atom stereocenters. The van der Waals surface area contributed by atoms with Crippen LogP contribution in [0.3, 0.4) is 0 Å². The smallest absolute Gasteiger partial charge is 0.306 e. The normalized spacial score (nSPS) is 21.8. The van der Waals surface area contributed by atoms with Gasteiger partial charge in [-0.3, -0.25) is 14.4 Å². The van der Waals surface area contributed by atoms with E-state index in [0.717, 1.165) is 37.1 Å². The first kappa shape index (κ1) is 25.7. The zero-order valence-corrected chi connectivity index (χ0v) is 20.9. The quantitative estimate of drug-likeness (QED) is 0.513. The molecular weight excluding hydrogens is 456 g/mol. The molecule has 1 aliphatic carbocycles. The molecule has 2 heterocycles. The summed E-state index contributed by atoms with van der Waals surface area (Å²) in [6.07, 6.45) is 7.01. The van der Waals surface area contributed by atoms with Crippen LogP contribution in [0.4, 0.5) is 11.5 Å². The highest BCUT2D eigenvalue weighted by Gasteiger charge is 2.30. The Morgan fingerprint density at radius 2 is 1.83 bits per heavy atom. The Labute approximate surface area is 212 Å². The van der Waals surface area contributed by atoms with E-state index < -0.39 is 0 Å². The second-order valence-corrected chi connectivity index (χ2v) is 9.66. The van der Waals surface area contributed by atoms with Gasteiger partial charge < -0.3 is 20.3 Å². The molecule has 36 heavy (non-hydrogen) atoms. The molecule has 1 saturated carbocycles. The molecule has 1 aromatic carbocycles. The van der Waals surface area contributed by atoms with Crippen LogP contribution in [0.15, 0.2) is 48.7 Å². The van der Waals surface area contributed by atoms with Gasteiger partial charge in [0, 0.05) is 30.9 Å². The number of anilines is 2. The molecule has 0 radical (unpaired) electrons. The van der Waals surface area contributed by atoms with Crippen LogP contribution in [0.25, 0.3) is 0 Å². The molecule has 1 unspecified atom stereocenters. The average Bonchev–Trinajstić information content (AvgIpc) is 3.01. The zero-order chi connectivity index (χ0) is 25.3. The van der Waals surface area contributed by atoms with Gasteiger partial charge in [-0.05, 0) is 74.6 Å². The molecule has 0 spiro atoms. The molecule has 2 aromatic rings. The summed E-state index contributed by atoms with van der Waals surface area (Å²) in [6.45, 7) is 2.72. The Hall–Kier alpha value is -3.42. The van der Waals surface area contributed by atoms with Crippen LogP contribution in [-0.2, 0) is 19.1 Å². The van der Waals surface area contributed by atoms with Crippen molar-refractivity contribution >= 4 is 29.3 Å². The minimum Gasteiger partial charge on any atom is -0.466 e. The van der Waals surface area contributed by atoms with E-state index in [1.54, 1.807) is 18.0 Å². The third kappa shape index (κ3) is 6.83. The van der Waals surface area contributed by atoms with Crippen molar-refractivity contribution in [3.8, 4) is 0 Å². The summed E-state index contributed by atoms with van der Waals surface area (Å²) >= 11 is 0. The number of pyridine rings is 1. The number of hydrogen-bond acceptors (Lipinski definition) is 6. The fraction of sp³-hybridized carbons (Fsp3) is 0.500. The molecule has 192 valence electrons. The summed E-state index contributed by atoms with van der Waals surface area (Å²) < 4.78 is 5.14. The lowest BCUT2D eigenvalue weighted by atomic mass is 9.86. The molecule has 0 saturated heterocycles. The third-order valence-corrected chi connectivity index (χ3v) is 7.15. The summed E-state index contributed by atoms with van der Waals surface area (Å²) in [7, 11) is 0. The van der Waals surface area contributed by atoms with Crippen molar-refractivity contribution in [1.82, 2.24) is 10.3 Å². The van der Waals surface area contributed by atoms with Crippen LogP contribution in [0, 0.1) is 5.92 Å². The fourth-order valence-electron chi connectivity index (χ4n) is 5.23. The first-order valence-electron chi connectivity index (χ1n) is 13.0. The van der Waals surface area contributed by atoms with Crippen LogP contribution in [-0.4, -0.2) is 48.5 Å². The molecule has 0 bridgehead atoms. The van der Waals surface area contributed by atoms with E-state index in [2.05, 4.69) is 15.6 Å². The van der Waals surface area contributed by atoms with Crippen molar-refractivity contribution < 1.29 is 19.1 Å². The Balaban J connectivity index is 1.30. The van der Waals surface area contributed by atoms with Crippen LogP contribution in [0.1, 0.15) is 63.4 Å². The van der Waals surface area contributed by atoms with Gasteiger partial charge in [0.2, 0.25) is 11.8 Å². The molecular formula is C28H36N4O4. The maximum Gasteiger partial charge on any atom is 0.306 e. The van der Waals surface area contributed by atoms with Gasteiger partial charge in [0.25, 0.3) is 0 Å². The number of ether oxygens (including phenoxy) is 1. The minimum atomic E-state index is -0.263. The standard InChI is InChI=1S/C28H36N4O4/c1-2-36-28(35)17-21-12-15-27(34)32(24-8-4-3-7-23(21)24)19-26(33)30-18-20-10-13-22(14-11-20)31-25-9-5-6-16-29-25/h3-9,16,20-22H,2,10-15,17-19H2,1H3,(H,29,31)(H,30,33). The predicted octanol–water partition coefficient (Wildman–Crippen LogP) is 4.03. The first-order valence-corrected chi connectivity index (χ1v) is 13.0. The van der Waals surface area contributed by atoms with Crippen LogP contribution in [0.2, 0.25) is 0 Å². The van der Waals surface area contributed by atoms with Gasteiger partial charge in [-0.2, -0.15) is 0 Å². The number of benzene rings is 1. The van der Waals surface area contributed by atoms with Crippen LogP contribution >= 0.6 is 0 Å². The van der Waals surface area contributed by atoms with Crippen molar-refractivity contribution in [2.24, 2.45) is 5.92 Å². The number of esters is 1. The van der Waals surface area contributed by atoms with Gasteiger partial charge in [0.05, 0.1) is 13.0 Å². The number of nitrogens with one attached hydrogen (secondary N) is 2. The summed E-state index contributed by atoms with van der Waals surface area (Å²) in [5.41, 5.74) is 1.63. The lowest BCUT2D eigenvalue weighted by molar-refractivity contribution is -0.143. The molecule has 1 fully saturated rings. The second-order valence-electron chi connectivity index (χ2n) is 9.66. The lowest BCUT2D eigenvalue weighted by Gasteiger charge is -2.30. The highest BCUT2D eigenvalue weighted by atomic mass is 16.5. The van der Waals surface area contributed by atoms with Crippen molar-refractivity contribution in [3.63, 3.8) is 0 Å². The van der Waals surface area contributed by atoms with E-state index in [1.807, 2.05) is 42.5 Å². The van der Waals surface area contributed by atoms with Crippen molar-refractivity contribution in [3.05, 3.63) is 54.2 Å². The van der Waals surface area contributed by atoms with Gasteiger partial charge >= 0.3 is 5.97 Å². The molecule has 1 aliphatic heterocycles. The lowest BCUT2D eigenvalue weighted by Crippen LogP contribution is -2.42. The van der Waals surface area contributed by atoms with E-state index in [4.69, 9.17) is 4.74 Å². The predicted molar refractivity (Wildman–Crippen MR) is 139 cm³/mol. The number of rotatable bonds is 9. The van der Waals surface area contributed by atoms with E-state index in [-0.39, 0.29) is 36.7 Å². The largest absolute Gasteiger partial charge is 0.466 e. The van der Waals surface area contributed by atoms with E-state index in [1.165, 1.54) is 0 Å². The number of aromatic nitrogens is 1. The molecule has 2 amide bonds. The number of amides is 2. The topological polar surface area (TPSA) is 101 Å². The van der Waals surface area contributed by atoms with Gasteiger partial charge in [-0.1, -0.05) is 24.3 Å². The highest BCUT2D eigenvalue weighted by molar-refractivity contribution is 6.00. The number of para-hydroxylation sites is 1. The molecule has 8 heteroatoms.